The van der Waals surface area contributed by atoms with Crippen molar-refractivity contribution in [3.8, 4) is 0 Å². The Bertz CT molecular complexity index is 669. The van der Waals surface area contributed by atoms with E-state index in [0.29, 0.717) is 31.2 Å². The SMILES string of the molecule is CCc1c(C(=O)NCCCOC)c(=O)cc(C)n1C[C@@H]1CCCN1CC. The van der Waals surface area contributed by atoms with E-state index in [9.17, 15) is 9.59 Å². The van der Waals surface area contributed by atoms with Crippen molar-refractivity contribution in [3.63, 3.8) is 0 Å². The summed E-state index contributed by atoms with van der Waals surface area (Å²) in [7, 11) is 1.64. The predicted octanol–water partition coefficient (Wildman–Crippen LogP) is 1.97. The fraction of sp³-hybridized carbons (Fsp3) is 0.700. The Morgan fingerprint density at radius 1 is 1.38 bits per heavy atom. The van der Waals surface area contributed by atoms with Gasteiger partial charge in [0.1, 0.15) is 5.56 Å². The van der Waals surface area contributed by atoms with Crippen LogP contribution in [0.1, 0.15) is 54.9 Å². The van der Waals surface area contributed by atoms with Gasteiger partial charge in [0.25, 0.3) is 5.91 Å². The fourth-order valence-electron chi connectivity index (χ4n) is 3.93. The predicted molar refractivity (Wildman–Crippen MR) is 104 cm³/mol. The van der Waals surface area contributed by atoms with Gasteiger partial charge in [-0.25, -0.2) is 0 Å². The number of rotatable bonds is 9. The third kappa shape index (κ3) is 4.74. The lowest BCUT2D eigenvalue weighted by atomic mass is 10.1. The van der Waals surface area contributed by atoms with E-state index in [4.69, 9.17) is 4.74 Å². The first-order valence-corrected chi connectivity index (χ1v) is 9.77. The Kier molecular flexibility index (Phi) is 7.85. The minimum Gasteiger partial charge on any atom is -0.385 e. The number of methoxy groups -OCH3 is 1. The van der Waals surface area contributed by atoms with Crippen molar-refractivity contribution in [2.75, 3.05) is 33.4 Å². The lowest BCUT2D eigenvalue weighted by molar-refractivity contribution is 0.0945. The van der Waals surface area contributed by atoms with Gasteiger partial charge in [0, 0.05) is 50.3 Å². The Hall–Kier alpha value is -1.66. The topological polar surface area (TPSA) is 63.6 Å². The van der Waals surface area contributed by atoms with Crippen LogP contribution in [0.4, 0.5) is 0 Å². The molecule has 1 aromatic heterocycles. The molecule has 0 spiro atoms. The average molecular weight is 364 g/mol. The van der Waals surface area contributed by atoms with E-state index in [2.05, 4.69) is 21.7 Å². The molecule has 1 atom stereocenters. The maximum absolute atomic E-state index is 12.7. The molecule has 1 aliphatic heterocycles. The Morgan fingerprint density at radius 2 is 2.15 bits per heavy atom. The minimum absolute atomic E-state index is 0.182. The number of likely N-dealkylation sites (tertiary alicyclic amines) is 1. The van der Waals surface area contributed by atoms with Gasteiger partial charge in [-0.2, -0.15) is 0 Å². The van der Waals surface area contributed by atoms with Gasteiger partial charge in [-0.05, 0) is 45.7 Å². The highest BCUT2D eigenvalue weighted by Gasteiger charge is 2.26. The minimum atomic E-state index is -0.268. The molecular formula is C20H33N3O3. The first-order chi connectivity index (χ1) is 12.5. The van der Waals surface area contributed by atoms with E-state index in [1.807, 2.05) is 13.8 Å². The van der Waals surface area contributed by atoms with Crippen molar-refractivity contribution >= 4 is 5.91 Å². The maximum atomic E-state index is 12.7. The van der Waals surface area contributed by atoms with E-state index in [-0.39, 0.29) is 11.3 Å². The smallest absolute Gasteiger partial charge is 0.257 e. The monoisotopic (exact) mass is 363 g/mol. The van der Waals surface area contributed by atoms with Gasteiger partial charge >= 0.3 is 0 Å². The molecule has 1 N–H and O–H groups in total. The Balaban J connectivity index is 2.28. The van der Waals surface area contributed by atoms with Crippen LogP contribution in [0.5, 0.6) is 0 Å². The number of carbonyl (C=O) groups excluding carboxylic acids is 1. The van der Waals surface area contributed by atoms with Crippen LogP contribution in [0, 0.1) is 6.92 Å². The number of aryl methyl sites for hydroxylation is 1. The zero-order chi connectivity index (χ0) is 19.1. The lowest BCUT2D eigenvalue weighted by Gasteiger charge is -2.27. The molecule has 6 heteroatoms. The summed E-state index contributed by atoms with van der Waals surface area (Å²) in [4.78, 5) is 27.7. The highest BCUT2D eigenvalue weighted by molar-refractivity contribution is 5.95. The summed E-state index contributed by atoms with van der Waals surface area (Å²) < 4.78 is 7.19. The summed E-state index contributed by atoms with van der Waals surface area (Å²) in [5, 5.41) is 2.87. The number of nitrogens with zero attached hydrogens (tertiary/aromatic N) is 2. The molecule has 0 bridgehead atoms. The number of aromatic nitrogens is 1. The molecule has 0 unspecified atom stereocenters. The van der Waals surface area contributed by atoms with Gasteiger partial charge in [-0.1, -0.05) is 13.8 Å². The maximum Gasteiger partial charge on any atom is 0.257 e. The number of amides is 1. The third-order valence-corrected chi connectivity index (χ3v) is 5.30. The zero-order valence-corrected chi connectivity index (χ0v) is 16.6. The number of likely N-dealkylation sites (N-methyl/N-ethyl adjacent to an activating group) is 1. The number of nitrogens with one attached hydrogen (secondary N) is 1. The molecule has 1 saturated heterocycles. The van der Waals surface area contributed by atoms with Crippen molar-refractivity contribution in [3.05, 3.63) is 33.2 Å². The number of hydrogen-bond acceptors (Lipinski definition) is 4. The van der Waals surface area contributed by atoms with E-state index < -0.39 is 0 Å². The molecule has 26 heavy (non-hydrogen) atoms. The van der Waals surface area contributed by atoms with Crippen molar-refractivity contribution in [2.24, 2.45) is 0 Å². The average Bonchev–Trinajstić information content (AvgIpc) is 3.07. The zero-order valence-electron chi connectivity index (χ0n) is 16.6. The largest absolute Gasteiger partial charge is 0.385 e. The summed E-state index contributed by atoms with van der Waals surface area (Å²) in [6, 6.07) is 2.08. The van der Waals surface area contributed by atoms with Gasteiger partial charge in [0.15, 0.2) is 5.43 Å². The number of hydrogen-bond donors (Lipinski definition) is 1. The molecule has 0 aromatic carbocycles. The van der Waals surface area contributed by atoms with Crippen molar-refractivity contribution in [2.45, 2.75) is 59.0 Å². The van der Waals surface area contributed by atoms with E-state index in [0.717, 1.165) is 37.4 Å². The second-order valence-electron chi connectivity index (χ2n) is 6.96. The molecule has 146 valence electrons. The molecule has 2 rings (SSSR count). The van der Waals surface area contributed by atoms with E-state index in [1.54, 1.807) is 13.2 Å². The Morgan fingerprint density at radius 3 is 2.81 bits per heavy atom. The van der Waals surface area contributed by atoms with Gasteiger partial charge in [-0.15, -0.1) is 0 Å². The van der Waals surface area contributed by atoms with Crippen LogP contribution in [0.15, 0.2) is 10.9 Å². The summed E-state index contributed by atoms with van der Waals surface area (Å²) in [5.74, 6) is -0.268. The summed E-state index contributed by atoms with van der Waals surface area (Å²) >= 11 is 0. The number of pyridine rings is 1. The van der Waals surface area contributed by atoms with Crippen LogP contribution in [0.25, 0.3) is 0 Å². The van der Waals surface area contributed by atoms with Crippen molar-refractivity contribution in [1.29, 1.82) is 0 Å². The van der Waals surface area contributed by atoms with Crippen molar-refractivity contribution < 1.29 is 9.53 Å². The molecule has 0 aliphatic carbocycles. The molecular weight excluding hydrogens is 330 g/mol. The second kappa shape index (κ2) is 9.88. The van der Waals surface area contributed by atoms with Crippen LogP contribution < -0.4 is 10.7 Å². The second-order valence-corrected chi connectivity index (χ2v) is 6.96. The van der Waals surface area contributed by atoms with Crippen LogP contribution >= 0.6 is 0 Å². The highest BCUT2D eigenvalue weighted by atomic mass is 16.5. The quantitative estimate of drug-likeness (QED) is 0.682. The number of carbonyl (C=O) groups is 1. The van der Waals surface area contributed by atoms with Crippen LogP contribution in [-0.4, -0.2) is 54.8 Å². The van der Waals surface area contributed by atoms with Gasteiger partial charge in [0.05, 0.1) is 0 Å². The molecule has 1 aromatic rings. The molecule has 0 radical (unpaired) electrons. The Labute approximate surface area is 156 Å². The molecule has 1 fully saturated rings. The summed E-state index contributed by atoms with van der Waals surface area (Å²) in [5.41, 5.74) is 1.91. The normalized spacial score (nSPS) is 17.6. The fourth-order valence-corrected chi connectivity index (χ4v) is 3.93. The molecule has 1 aliphatic rings. The first-order valence-electron chi connectivity index (χ1n) is 9.77. The van der Waals surface area contributed by atoms with E-state index >= 15 is 0 Å². The molecule has 2 heterocycles. The van der Waals surface area contributed by atoms with E-state index in [1.165, 1.54) is 12.8 Å². The third-order valence-electron chi connectivity index (χ3n) is 5.30. The van der Waals surface area contributed by atoms with Crippen LogP contribution in [-0.2, 0) is 17.7 Å². The van der Waals surface area contributed by atoms with Crippen LogP contribution in [0.2, 0.25) is 0 Å². The number of ether oxygens (including phenoxy) is 1. The van der Waals surface area contributed by atoms with Gasteiger partial charge < -0.3 is 14.6 Å². The first kappa shape index (κ1) is 20.6. The molecule has 6 nitrogen and oxygen atoms in total. The standard InChI is InChI=1S/C20H33N3O3/c1-5-17-19(20(25)21-10-8-12-26-4)18(24)13-15(3)23(17)14-16-9-7-11-22(16)6-2/h13,16H,5-12,14H2,1-4H3,(H,21,25)/t16-/m0/s1. The summed E-state index contributed by atoms with van der Waals surface area (Å²) in [6.45, 7) is 10.3. The molecule has 1 amide bonds. The van der Waals surface area contributed by atoms with Crippen molar-refractivity contribution in [1.82, 2.24) is 14.8 Å². The molecule has 0 saturated carbocycles. The lowest BCUT2D eigenvalue weighted by Crippen LogP contribution is -2.37. The summed E-state index contributed by atoms with van der Waals surface area (Å²) in [6.07, 6.45) is 3.78. The van der Waals surface area contributed by atoms with Crippen LogP contribution in [0.3, 0.4) is 0 Å². The van der Waals surface area contributed by atoms with Gasteiger partial charge in [-0.3, -0.25) is 14.5 Å². The van der Waals surface area contributed by atoms with Gasteiger partial charge in [0.2, 0.25) is 0 Å². The highest BCUT2D eigenvalue weighted by Crippen LogP contribution is 2.21.